The molecule has 0 aromatic carbocycles. The maximum atomic E-state index is 10.7. The van der Waals surface area contributed by atoms with Gasteiger partial charge in [0.05, 0.1) is 0 Å². The quantitative estimate of drug-likeness (QED) is 0.206. The normalized spacial score (nSPS) is 9.75. The summed E-state index contributed by atoms with van der Waals surface area (Å²) in [5, 5.41) is 14.8. The molecule has 0 amide bonds. The molecule has 94 valence electrons. The number of carbonyl (C=O) groups is 3. The van der Waals surface area contributed by atoms with Gasteiger partial charge in [-0.15, -0.1) is 0 Å². The van der Waals surface area contributed by atoms with Gasteiger partial charge in [-0.3, -0.25) is 10.6 Å². The highest BCUT2D eigenvalue weighted by Gasteiger charge is 2.14. The van der Waals surface area contributed by atoms with Crippen molar-refractivity contribution < 1.29 is 29.3 Å². The lowest BCUT2D eigenvalue weighted by Gasteiger charge is -2.18. The first-order valence-corrected chi connectivity index (χ1v) is 4.21. The Bertz CT molecular complexity index is 246. The van der Waals surface area contributed by atoms with Crippen LogP contribution in [0.4, 0.5) is 0 Å². The largest absolute Gasteiger partial charge is 0.473 e. The number of hydrogen-bond acceptors (Lipinski definition) is 6. The first kappa shape index (κ1) is 16.7. The number of nitrogens with two attached hydrogens (primary N) is 1. The minimum atomic E-state index is -1.82. The fourth-order valence-corrected chi connectivity index (χ4v) is 0.461. The molecule has 0 saturated carbocycles. The lowest BCUT2D eigenvalue weighted by molar-refractivity contribution is -0.159. The van der Waals surface area contributed by atoms with E-state index in [1.54, 1.807) is 20.8 Å². The molecule has 5 N–H and O–H groups in total. The van der Waals surface area contributed by atoms with Gasteiger partial charge in [-0.05, 0) is 20.8 Å². The van der Waals surface area contributed by atoms with Crippen LogP contribution in [0.2, 0.25) is 0 Å². The Morgan fingerprint density at radius 2 is 1.56 bits per heavy atom. The zero-order chi connectivity index (χ0) is 13.4. The number of carbonyl (C=O) groups excluding carboxylic acids is 1. The summed E-state index contributed by atoms with van der Waals surface area (Å²) in [5.41, 5.74) is 1.79. The number of rotatable bonds is 2. The van der Waals surface area contributed by atoms with Gasteiger partial charge in [-0.25, -0.2) is 15.0 Å². The Morgan fingerprint density at radius 1 is 1.19 bits per heavy atom. The van der Waals surface area contributed by atoms with E-state index in [1.807, 2.05) is 0 Å². The molecule has 0 spiro atoms. The second-order valence-corrected chi connectivity index (χ2v) is 3.58. The number of esters is 1. The van der Waals surface area contributed by atoms with E-state index in [1.165, 1.54) is 0 Å². The van der Waals surface area contributed by atoms with Crippen LogP contribution in [0, 0.1) is 0 Å². The molecule has 0 unspecified atom stereocenters. The summed E-state index contributed by atoms with van der Waals surface area (Å²) < 4.78 is 4.90. The maximum Gasteiger partial charge on any atom is 0.414 e. The van der Waals surface area contributed by atoms with Crippen molar-refractivity contribution in [3.8, 4) is 0 Å². The Morgan fingerprint density at radius 3 is 1.75 bits per heavy atom. The minimum Gasteiger partial charge on any atom is -0.473 e. The summed E-state index contributed by atoms with van der Waals surface area (Å²) in [6, 6.07) is 0. The molecule has 0 heterocycles. The summed E-state index contributed by atoms with van der Waals surface area (Å²) in [7, 11) is 0. The molecule has 0 aliphatic carbocycles. The summed E-state index contributed by atoms with van der Waals surface area (Å²) in [4.78, 5) is 28.9. The lowest BCUT2D eigenvalue weighted by atomic mass is 10.2. The number of ether oxygens (including phenoxy) is 1. The maximum absolute atomic E-state index is 10.7. The predicted octanol–water partition coefficient (Wildman–Crippen LogP) is -1.05. The molecule has 0 saturated heterocycles. The van der Waals surface area contributed by atoms with E-state index in [2.05, 4.69) is 5.43 Å². The van der Waals surface area contributed by atoms with Crippen LogP contribution in [0.3, 0.4) is 0 Å². The molecule has 8 nitrogen and oxygen atoms in total. The van der Waals surface area contributed by atoms with Gasteiger partial charge in [0.2, 0.25) is 0 Å². The SMILES string of the molecule is CC(C)(C)OC(=O)CNN.O=C(O)C(=O)O. The zero-order valence-electron chi connectivity index (χ0n) is 9.31. The van der Waals surface area contributed by atoms with Crippen LogP contribution in [0.1, 0.15) is 20.8 Å². The summed E-state index contributed by atoms with van der Waals surface area (Å²) in [6.07, 6.45) is 0. The molecular weight excluding hydrogens is 220 g/mol. The fourth-order valence-electron chi connectivity index (χ4n) is 0.461. The second kappa shape index (κ2) is 7.60. The Kier molecular flexibility index (Phi) is 7.96. The van der Waals surface area contributed by atoms with Gasteiger partial charge in [0.15, 0.2) is 0 Å². The topological polar surface area (TPSA) is 139 Å². The van der Waals surface area contributed by atoms with Crippen molar-refractivity contribution in [2.45, 2.75) is 26.4 Å². The number of carboxylic acid groups (broad SMARTS) is 2. The molecule has 0 fully saturated rings. The number of hydrazine groups is 1. The molecule has 0 radical (unpaired) electrons. The molecule has 0 atom stereocenters. The molecule has 0 aliphatic rings. The highest BCUT2D eigenvalue weighted by Crippen LogP contribution is 2.05. The molecule has 8 heteroatoms. The van der Waals surface area contributed by atoms with E-state index in [4.69, 9.17) is 30.4 Å². The van der Waals surface area contributed by atoms with Gasteiger partial charge in [0.1, 0.15) is 12.1 Å². The smallest absolute Gasteiger partial charge is 0.414 e. The van der Waals surface area contributed by atoms with Crippen LogP contribution in [0.5, 0.6) is 0 Å². The molecule has 0 aromatic rings. The van der Waals surface area contributed by atoms with Crippen molar-refractivity contribution >= 4 is 17.9 Å². The van der Waals surface area contributed by atoms with Crippen molar-refractivity contribution in [1.29, 1.82) is 0 Å². The van der Waals surface area contributed by atoms with Gasteiger partial charge >= 0.3 is 17.9 Å². The molecule has 0 aliphatic heterocycles. The van der Waals surface area contributed by atoms with Crippen molar-refractivity contribution in [2.75, 3.05) is 6.54 Å². The summed E-state index contributed by atoms with van der Waals surface area (Å²) in [5.74, 6) is 0.911. The molecule has 0 aromatic heterocycles. The van der Waals surface area contributed by atoms with Crippen LogP contribution in [-0.2, 0) is 19.1 Å². The van der Waals surface area contributed by atoms with Crippen molar-refractivity contribution in [1.82, 2.24) is 5.43 Å². The fraction of sp³-hybridized carbons (Fsp3) is 0.625. The van der Waals surface area contributed by atoms with Crippen LogP contribution >= 0.6 is 0 Å². The Labute approximate surface area is 92.3 Å². The highest BCUT2D eigenvalue weighted by molar-refractivity contribution is 6.27. The van der Waals surface area contributed by atoms with Crippen LogP contribution < -0.4 is 11.3 Å². The van der Waals surface area contributed by atoms with E-state index >= 15 is 0 Å². The number of hydrogen-bond donors (Lipinski definition) is 4. The van der Waals surface area contributed by atoms with Crippen LogP contribution in [0.25, 0.3) is 0 Å². The van der Waals surface area contributed by atoms with Gasteiger partial charge in [0.25, 0.3) is 0 Å². The van der Waals surface area contributed by atoms with Crippen LogP contribution in [-0.4, -0.2) is 40.3 Å². The van der Waals surface area contributed by atoms with E-state index in [0.717, 1.165) is 0 Å². The molecular formula is C8H16N2O6. The van der Waals surface area contributed by atoms with E-state index in [9.17, 15) is 4.79 Å². The van der Waals surface area contributed by atoms with Gasteiger partial charge in [-0.2, -0.15) is 0 Å². The van der Waals surface area contributed by atoms with E-state index < -0.39 is 17.5 Å². The Balaban J connectivity index is 0. The van der Waals surface area contributed by atoms with Crippen molar-refractivity contribution in [3.63, 3.8) is 0 Å². The average Bonchev–Trinajstić information content (AvgIpc) is 2.01. The van der Waals surface area contributed by atoms with Crippen molar-refractivity contribution in [3.05, 3.63) is 0 Å². The first-order valence-electron chi connectivity index (χ1n) is 4.21. The monoisotopic (exact) mass is 236 g/mol. The number of carboxylic acids is 2. The summed E-state index contributed by atoms with van der Waals surface area (Å²) >= 11 is 0. The molecule has 16 heavy (non-hydrogen) atoms. The third-order valence-corrected chi connectivity index (χ3v) is 0.849. The van der Waals surface area contributed by atoms with Crippen molar-refractivity contribution in [2.24, 2.45) is 5.84 Å². The Hall–Kier alpha value is -1.67. The van der Waals surface area contributed by atoms with E-state index in [0.29, 0.717) is 0 Å². The standard InChI is InChI=1S/C6H14N2O2.C2H2O4/c1-6(2,3)10-5(9)4-8-7;3-1(4)2(5)6/h8H,4,7H2,1-3H3;(H,3,4)(H,5,6). The second-order valence-electron chi connectivity index (χ2n) is 3.58. The van der Waals surface area contributed by atoms with Gasteiger partial charge in [0, 0.05) is 0 Å². The zero-order valence-corrected chi connectivity index (χ0v) is 9.31. The highest BCUT2D eigenvalue weighted by atomic mass is 16.6. The van der Waals surface area contributed by atoms with Gasteiger partial charge in [-0.1, -0.05) is 0 Å². The summed E-state index contributed by atoms with van der Waals surface area (Å²) in [6.45, 7) is 5.47. The molecule has 0 rings (SSSR count). The predicted molar refractivity (Wildman–Crippen MR) is 53.3 cm³/mol. The van der Waals surface area contributed by atoms with Crippen LogP contribution in [0.15, 0.2) is 0 Å². The minimum absolute atomic E-state index is 0.0528. The average molecular weight is 236 g/mol. The third-order valence-electron chi connectivity index (χ3n) is 0.849. The third kappa shape index (κ3) is 14.8. The molecule has 0 bridgehead atoms. The van der Waals surface area contributed by atoms with Gasteiger partial charge < -0.3 is 14.9 Å². The number of nitrogens with one attached hydrogen (secondary N) is 1. The van der Waals surface area contributed by atoms with E-state index in [-0.39, 0.29) is 12.5 Å². The lowest BCUT2D eigenvalue weighted by Crippen LogP contribution is -2.34. The number of aliphatic carboxylic acids is 2. The first-order chi connectivity index (χ1) is 7.10.